The van der Waals surface area contributed by atoms with Gasteiger partial charge >= 0.3 is 12.0 Å². The number of carbonyl (C=O) groups excluding carboxylic acids is 1. The molecule has 1 aliphatic heterocycles. The molecule has 2 N–H and O–H groups in total. The molecule has 18 heavy (non-hydrogen) atoms. The number of carbonyl (C=O) groups is 2. The highest BCUT2D eigenvalue weighted by atomic mass is 16.4. The zero-order valence-corrected chi connectivity index (χ0v) is 11.5. The predicted octanol–water partition coefficient (Wildman–Crippen LogP) is 2.07. The molecule has 5 nitrogen and oxygen atoms in total. The molecule has 1 fully saturated rings. The Morgan fingerprint density at radius 2 is 2.11 bits per heavy atom. The Morgan fingerprint density at radius 1 is 1.44 bits per heavy atom. The SMILES string of the molecule is CC(CCC(=O)O)CNC(=O)N1CCCC1(C)C. The fourth-order valence-corrected chi connectivity index (χ4v) is 2.31. The van der Waals surface area contributed by atoms with Crippen molar-refractivity contribution in [3.63, 3.8) is 0 Å². The zero-order chi connectivity index (χ0) is 13.8. The van der Waals surface area contributed by atoms with Crippen LogP contribution in [-0.2, 0) is 4.79 Å². The first-order chi connectivity index (χ1) is 8.33. The minimum absolute atomic E-state index is 0.0281. The average Bonchev–Trinajstić information content (AvgIpc) is 2.63. The summed E-state index contributed by atoms with van der Waals surface area (Å²) in [5.41, 5.74) is -0.0611. The first kappa shape index (κ1) is 14.8. The zero-order valence-electron chi connectivity index (χ0n) is 11.5. The lowest BCUT2D eigenvalue weighted by Gasteiger charge is -2.32. The molecule has 0 saturated carbocycles. The highest BCUT2D eigenvalue weighted by Crippen LogP contribution is 2.27. The Hall–Kier alpha value is -1.26. The molecule has 0 aromatic heterocycles. The van der Waals surface area contributed by atoms with E-state index in [4.69, 9.17) is 5.11 Å². The molecule has 0 aromatic carbocycles. The van der Waals surface area contributed by atoms with Crippen LogP contribution in [0.1, 0.15) is 46.5 Å². The molecule has 1 saturated heterocycles. The molecule has 1 heterocycles. The first-order valence-electron chi connectivity index (χ1n) is 6.60. The first-order valence-corrected chi connectivity index (χ1v) is 6.60. The summed E-state index contributed by atoms with van der Waals surface area (Å²) in [4.78, 5) is 24.3. The second-order valence-corrected chi connectivity index (χ2v) is 5.79. The Labute approximate surface area is 109 Å². The topological polar surface area (TPSA) is 69.6 Å². The van der Waals surface area contributed by atoms with E-state index in [0.717, 1.165) is 19.4 Å². The molecule has 0 aromatic rings. The molecule has 1 aliphatic rings. The lowest BCUT2D eigenvalue weighted by atomic mass is 10.0. The molecule has 1 unspecified atom stereocenters. The molecule has 0 spiro atoms. The normalized spacial score (nSPS) is 19.6. The van der Waals surface area contributed by atoms with E-state index < -0.39 is 5.97 Å². The van der Waals surface area contributed by atoms with E-state index in [1.807, 2.05) is 11.8 Å². The van der Waals surface area contributed by atoms with E-state index in [-0.39, 0.29) is 23.9 Å². The van der Waals surface area contributed by atoms with E-state index in [0.29, 0.717) is 13.0 Å². The largest absolute Gasteiger partial charge is 0.481 e. The summed E-state index contributed by atoms with van der Waals surface area (Å²) in [5.74, 6) is -0.593. The summed E-state index contributed by atoms with van der Waals surface area (Å²) in [7, 11) is 0. The third-order valence-electron chi connectivity index (χ3n) is 3.60. The van der Waals surface area contributed by atoms with Gasteiger partial charge in [0.15, 0.2) is 0 Å². The van der Waals surface area contributed by atoms with E-state index in [1.54, 1.807) is 0 Å². The van der Waals surface area contributed by atoms with E-state index in [1.165, 1.54) is 0 Å². The summed E-state index contributed by atoms with van der Waals surface area (Å²) in [6.07, 6.45) is 2.84. The van der Waals surface area contributed by atoms with Crippen molar-refractivity contribution in [3.8, 4) is 0 Å². The maximum atomic E-state index is 12.0. The van der Waals surface area contributed by atoms with Crippen LogP contribution in [0, 0.1) is 5.92 Å². The molecule has 0 radical (unpaired) electrons. The Morgan fingerprint density at radius 3 is 2.61 bits per heavy atom. The Kier molecular flexibility index (Phi) is 4.99. The molecule has 1 atom stereocenters. The average molecular weight is 256 g/mol. The van der Waals surface area contributed by atoms with Gasteiger partial charge in [-0.25, -0.2) is 4.79 Å². The van der Waals surface area contributed by atoms with Crippen LogP contribution in [0.4, 0.5) is 4.79 Å². The monoisotopic (exact) mass is 256 g/mol. The van der Waals surface area contributed by atoms with Gasteiger partial charge in [-0.3, -0.25) is 4.79 Å². The van der Waals surface area contributed by atoms with Gasteiger partial charge in [-0.1, -0.05) is 6.92 Å². The summed E-state index contributed by atoms with van der Waals surface area (Å²) >= 11 is 0. The number of nitrogens with one attached hydrogen (secondary N) is 1. The van der Waals surface area contributed by atoms with Gasteiger partial charge < -0.3 is 15.3 Å². The number of hydrogen-bond donors (Lipinski definition) is 2. The number of nitrogens with zero attached hydrogens (tertiary/aromatic N) is 1. The molecular formula is C13H24N2O3. The summed E-state index contributed by atoms with van der Waals surface area (Å²) in [6.45, 7) is 7.46. The fraction of sp³-hybridized carbons (Fsp3) is 0.846. The van der Waals surface area contributed by atoms with Crippen molar-refractivity contribution in [1.29, 1.82) is 0 Å². The molecule has 0 bridgehead atoms. The molecule has 2 amide bonds. The van der Waals surface area contributed by atoms with Crippen LogP contribution in [0.15, 0.2) is 0 Å². The lowest BCUT2D eigenvalue weighted by molar-refractivity contribution is -0.137. The van der Waals surface area contributed by atoms with Gasteiger partial charge in [-0.05, 0) is 39.0 Å². The van der Waals surface area contributed by atoms with E-state index in [2.05, 4.69) is 19.2 Å². The van der Waals surface area contributed by atoms with Gasteiger partial charge in [-0.2, -0.15) is 0 Å². The highest BCUT2D eigenvalue weighted by Gasteiger charge is 2.35. The van der Waals surface area contributed by atoms with Crippen molar-refractivity contribution in [3.05, 3.63) is 0 Å². The molecule has 5 heteroatoms. The quantitative estimate of drug-likeness (QED) is 0.791. The van der Waals surface area contributed by atoms with Gasteiger partial charge in [0.1, 0.15) is 0 Å². The van der Waals surface area contributed by atoms with Gasteiger partial charge in [-0.15, -0.1) is 0 Å². The van der Waals surface area contributed by atoms with Crippen molar-refractivity contribution in [1.82, 2.24) is 10.2 Å². The number of carboxylic acid groups (broad SMARTS) is 1. The van der Waals surface area contributed by atoms with Crippen LogP contribution in [0.2, 0.25) is 0 Å². The maximum absolute atomic E-state index is 12.0. The summed E-state index contributed by atoms with van der Waals surface area (Å²) in [6, 6.07) is -0.0281. The second kappa shape index (κ2) is 6.07. The molecule has 1 rings (SSSR count). The fourth-order valence-electron chi connectivity index (χ4n) is 2.31. The van der Waals surface area contributed by atoms with Gasteiger partial charge in [0, 0.05) is 25.0 Å². The number of carboxylic acids is 1. The summed E-state index contributed by atoms with van der Waals surface area (Å²) < 4.78 is 0. The Bertz CT molecular complexity index is 315. The molecular weight excluding hydrogens is 232 g/mol. The predicted molar refractivity (Wildman–Crippen MR) is 69.5 cm³/mol. The van der Waals surface area contributed by atoms with Crippen molar-refractivity contribution in [2.24, 2.45) is 5.92 Å². The highest BCUT2D eigenvalue weighted by molar-refractivity contribution is 5.75. The molecule has 104 valence electrons. The van der Waals surface area contributed by atoms with Crippen LogP contribution in [0.5, 0.6) is 0 Å². The van der Waals surface area contributed by atoms with Crippen LogP contribution < -0.4 is 5.32 Å². The van der Waals surface area contributed by atoms with Crippen molar-refractivity contribution >= 4 is 12.0 Å². The van der Waals surface area contributed by atoms with Gasteiger partial charge in [0.25, 0.3) is 0 Å². The minimum Gasteiger partial charge on any atom is -0.481 e. The number of rotatable bonds is 5. The number of hydrogen-bond acceptors (Lipinski definition) is 2. The van der Waals surface area contributed by atoms with E-state index >= 15 is 0 Å². The van der Waals surface area contributed by atoms with Crippen LogP contribution in [-0.4, -0.2) is 40.6 Å². The smallest absolute Gasteiger partial charge is 0.317 e. The maximum Gasteiger partial charge on any atom is 0.317 e. The van der Waals surface area contributed by atoms with Gasteiger partial charge in [0.05, 0.1) is 0 Å². The van der Waals surface area contributed by atoms with Gasteiger partial charge in [0.2, 0.25) is 0 Å². The number of likely N-dealkylation sites (tertiary alicyclic amines) is 1. The van der Waals surface area contributed by atoms with E-state index in [9.17, 15) is 9.59 Å². The molecule has 0 aliphatic carbocycles. The number of urea groups is 1. The number of aliphatic carboxylic acids is 1. The van der Waals surface area contributed by atoms with Crippen LogP contribution in [0.3, 0.4) is 0 Å². The van der Waals surface area contributed by atoms with Crippen LogP contribution >= 0.6 is 0 Å². The lowest BCUT2D eigenvalue weighted by Crippen LogP contribution is -2.48. The minimum atomic E-state index is -0.783. The Balaban J connectivity index is 2.30. The summed E-state index contributed by atoms with van der Waals surface area (Å²) in [5, 5.41) is 11.5. The van der Waals surface area contributed by atoms with Crippen LogP contribution in [0.25, 0.3) is 0 Å². The second-order valence-electron chi connectivity index (χ2n) is 5.79. The third kappa shape index (κ3) is 4.20. The number of amides is 2. The van der Waals surface area contributed by atoms with Crippen molar-refractivity contribution in [2.75, 3.05) is 13.1 Å². The standard InChI is InChI=1S/C13H24N2O3/c1-10(5-6-11(16)17)9-14-12(18)15-8-4-7-13(15,2)3/h10H,4-9H2,1-3H3,(H,14,18)(H,16,17). The van der Waals surface area contributed by atoms with Crippen molar-refractivity contribution in [2.45, 2.75) is 52.0 Å². The van der Waals surface area contributed by atoms with Crippen molar-refractivity contribution < 1.29 is 14.7 Å². The third-order valence-corrected chi connectivity index (χ3v) is 3.60.